The second-order valence-electron chi connectivity index (χ2n) is 13.7. The highest BCUT2D eigenvalue weighted by Gasteiger charge is 2.25. The molecule has 0 bridgehead atoms. The summed E-state index contributed by atoms with van der Waals surface area (Å²) in [6.45, 7) is 0. The number of benzene rings is 9. The zero-order valence-electron chi connectivity index (χ0n) is 28.6. The van der Waals surface area contributed by atoms with Crippen LogP contribution < -0.4 is 5.32 Å². The lowest BCUT2D eigenvalue weighted by atomic mass is 9.91. The number of fused-ring (bicyclic) bond motifs is 9. The van der Waals surface area contributed by atoms with E-state index >= 15 is 0 Å². The Bertz CT molecular complexity index is 3150. The fourth-order valence-electron chi connectivity index (χ4n) is 8.24. The number of furan rings is 1. The first-order valence-electron chi connectivity index (χ1n) is 18.0. The SMILES string of the molecule is c1ccc(C2=NC(c3cc(-c4cccc5oc6ccccc6c45)c4ccccc4c3)NC(c3cc4c5ccccc5ccc4c4ccccc34)=N2)cc1. The van der Waals surface area contributed by atoms with Gasteiger partial charge in [-0.25, -0.2) is 9.98 Å². The summed E-state index contributed by atoms with van der Waals surface area (Å²) in [6, 6.07) is 62.2. The maximum atomic E-state index is 6.34. The maximum Gasteiger partial charge on any atom is 0.159 e. The summed E-state index contributed by atoms with van der Waals surface area (Å²) in [6.07, 6.45) is -0.400. The Labute approximate surface area is 305 Å². The maximum absolute atomic E-state index is 6.34. The standard InChI is InChI=1S/C49H31N3O/c1-2-14-31(15-3-1)47-50-48(52-49(51-47)43-29-42-34-17-6-4-13-30(34)25-26-38(42)36-19-8-9-20-37(36)43)33-27-32-16-5-7-18-35(32)41(28-33)39-22-12-24-45-46(39)40-21-10-11-23-44(40)53-45/h1-29,48H,(H,50,51,52). The third kappa shape index (κ3) is 4.77. The number of nitrogens with zero attached hydrogens (tertiary/aromatic N) is 2. The topological polar surface area (TPSA) is 49.9 Å². The molecular weight excluding hydrogens is 647 g/mol. The van der Waals surface area contributed by atoms with Gasteiger partial charge in [-0.15, -0.1) is 0 Å². The Morgan fingerprint density at radius 2 is 1.11 bits per heavy atom. The van der Waals surface area contributed by atoms with Gasteiger partial charge in [-0.2, -0.15) is 0 Å². The molecule has 0 spiro atoms. The Morgan fingerprint density at radius 1 is 0.434 bits per heavy atom. The molecule has 0 fully saturated rings. The monoisotopic (exact) mass is 677 g/mol. The number of hydrogen-bond acceptors (Lipinski definition) is 4. The third-order valence-electron chi connectivity index (χ3n) is 10.7. The van der Waals surface area contributed by atoms with E-state index in [1.807, 2.05) is 30.3 Å². The van der Waals surface area contributed by atoms with Crippen LogP contribution in [0.5, 0.6) is 0 Å². The molecule has 0 saturated carbocycles. The zero-order chi connectivity index (χ0) is 34.9. The molecule has 1 aromatic heterocycles. The van der Waals surface area contributed by atoms with Crippen LogP contribution in [0.2, 0.25) is 0 Å². The van der Waals surface area contributed by atoms with E-state index in [2.05, 4.69) is 151 Å². The Balaban J connectivity index is 1.15. The lowest BCUT2D eigenvalue weighted by Gasteiger charge is -2.26. The van der Waals surface area contributed by atoms with Crippen molar-refractivity contribution < 1.29 is 4.42 Å². The first kappa shape index (κ1) is 29.7. The Morgan fingerprint density at radius 3 is 1.98 bits per heavy atom. The van der Waals surface area contributed by atoms with Gasteiger partial charge in [-0.1, -0.05) is 146 Å². The molecule has 0 saturated heterocycles. The van der Waals surface area contributed by atoms with Crippen LogP contribution in [0.4, 0.5) is 0 Å². The fourth-order valence-corrected chi connectivity index (χ4v) is 8.24. The number of aliphatic imine (C=N–C) groups is 2. The first-order chi connectivity index (χ1) is 26.3. The van der Waals surface area contributed by atoms with Crippen molar-refractivity contribution in [3.8, 4) is 11.1 Å². The van der Waals surface area contributed by atoms with Crippen molar-refractivity contribution in [2.24, 2.45) is 9.98 Å². The smallest absolute Gasteiger partial charge is 0.159 e. The quantitative estimate of drug-likeness (QED) is 0.189. The van der Waals surface area contributed by atoms with Gasteiger partial charge >= 0.3 is 0 Å². The van der Waals surface area contributed by atoms with Crippen molar-refractivity contribution in [2.75, 3.05) is 0 Å². The highest BCUT2D eigenvalue weighted by atomic mass is 16.3. The minimum Gasteiger partial charge on any atom is -0.456 e. The lowest BCUT2D eigenvalue weighted by molar-refractivity contribution is 0.669. The van der Waals surface area contributed by atoms with E-state index < -0.39 is 6.17 Å². The summed E-state index contributed by atoms with van der Waals surface area (Å²) in [5, 5.41) is 15.6. The predicted octanol–water partition coefficient (Wildman–Crippen LogP) is 12.4. The summed E-state index contributed by atoms with van der Waals surface area (Å²) in [4.78, 5) is 10.6. The van der Waals surface area contributed by atoms with Crippen molar-refractivity contribution >= 4 is 76.7 Å². The molecule has 0 radical (unpaired) electrons. The molecule has 4 heteroatoms. The van der Waals surface area contributed by atoms with E-state index in [9.17, 15) is 0 Å². The van der Waals surface area contributed by atoms with E-state index in [4.69, 9.17) is 14.4 Å². The van der Waals surface area contributed by atoms with Crippen LogP contribution in [0.1, 0.15) is 22.9 Å². The molecule has 9 aromatic carbocycles. The number of nitrogens with one attached hydrogen (secondary N) is 1. The molecule has 1 N–H and O–H groups in total. The van der Waals surface area contributed by atoms with Crippen molar-refractivity contribution in [1.29, 1.82) is 0 Å². The van der Waals surface area contributed by atoms with Gasteiger partial charge < -0.3 is 9.73 Å². The molecule has 1 unspecified atom stereocenters. The average molecular weight is 678 g/mol. The van der Waals surface area contributed by atoms with E-state index in [-0.39, 0.29) is 0 Å². The van der Waals surface area contributed by atoms with Crippen LogP contribution in [0.15, 0.2) is 190 Å². The lowest BCUT2D eigenvalue weighted by Crippen LogP contribution is -2.33. The molecule has 248 valence electrons. The largest absolute Gasteiger partial charge is 0.456 e. The number of para-hydroxylation sites is 1. The van der Waals surface area contributed by atoms with Crippen molar-refractivity contribution in [2.45, 2.75) is 6.17 Å². The molecule has 1 aliphatic heterocycles. The van der Waals surface area contributed by atoms with Crippen LogP contribution in [0.25, 0.3) is 76.2 Å². The molecule has 11 rings (SSSR count). The van der Waals surface area contributed by atoms with Gasteiger partial charge in [0.05, 0.1) is 0 Å². The predicted molar refractivity (Wildman–Crippen MR) is 221 cm³/mol. The minimum absolute atomic E-state index is 0.400. The van der Waals surface area contributed by atoms with E-state index in [1.54, 1.807) is 0 Å². The van der Waals surface area contributed by atoms with Crippen molar-refractivity contribution in [1.82, 2.24) is 5.32 Å². The molecule has 0 aliphatic carbocycles. The second-order valence-corrected chi connectivity index (χ2v) is 13.7. The highest BCUT2D eigenvalue weighted by molar-refractivity contribution is 6.25. The van der Waals surface area contributed by atoms with Crippen molar-refractivity contribution in [3.63, 3.8) is 0 Å². The number of hydrogen-bond donors (Lipinski definition) is 1. The summed E-state index contributed by atoms with van der Waals surface area (Å²) < 4.78 is 6.34. The fraction of sp³-hybridized carbons (Fsp3) is 0.0204. The molecule has 53 heavy (non-hydrogen) atoms. The van der Waals surface area contributed by atoms with Crippen LogP contribution >= 0.6 is 0 Å². The third-order valence-corrected chi connectivity index (χ3v) is 10.7. The van der Waals surface area contributed by atoms with Gasteiger partial charge in [0.2, 0.25) is 0 Å². The van der Waals surface area contributed by atoms with Gasteiger partial charge in [0, 0.05) is 21.9 Å². The highest BCUT2D eigenvalue weighted by Crippen LogP contribution is 2.41. The normalized spacial score (nSPS) is 14.6. The summed E-state index contributed by atoms with van der Waals surface area (Å²) in [7, 11) is 0. The average Bonchev–Trinajstić information content (AvgIpc) is 3.62. The molecule has 2 heterocycles. The van der Waals surface area contributed by atoms with Crippen LogP contribution in [-0.2, 0) is 0 Å². The molecule has 0 amide bonds. The van der Waals surface area contributed by atoms with Crippen LogP contribution in [-0.4, -0.2) is 11.7 Å². The van der Waals surface area contributed by atoms with Gasteiger partial charge in [-0.3, -0.25) is 0 Å². The van der Waals surface area contributed by atoms with Gasteiger partial charge in [0.1, 0.15) is 23.2 Å². The van der Waals surface area contributed by atoms with Crippen molar-refractivity contribution in [3.05, 3.63) is 193 Å². The first-order valence-corrected chi connectivity index (χ1v) is 18.0. The Kier molecular flexibility index (Phi) is 6.58. The summed E-state index contributed by atoms with van der Waals surface area (Å²) >= 11 is 0. The van der Waals surface area contributed by atoms with E-state index in [0.717, 1.165) is 66.4 Å². The second kappa shape index (κ2) is 11.8. The summed E-state index contributed by atoms with van der Waals surface area (Å²) in [5.74, 6) is 1.50. The van der Waals surface area contributed by atoms with Crippen LogP contribution in [0.3, 0.4) is 0 Å². The van der Waals surface area contributed by atoms with Gasteiger partial charge in [0.25, 0.3) is 0 Å². The molecular formula is C49H31N3O. The number of rotatable bonds is 4. The molecule has 10 aromatic rings. The molecule has 1 aliphatic rings. The molecule has 4 nitrogen and oxygen atoms in total. The Hall–Kier alpha value is -7.04. The van der Waals surface area contributed by atoms with E-state index in [1.165, 1.54) is 32.3 Å². The van der Waals surface area contributed by atoms with Crippen LogP contribution in [0, 0.1) is 0 Å². The van der Waals surface area contributed by atoms with E-state index in [0.29, 0.717) is 5.84 Å². The summed E-state index contributed by atoms with van der Waals surface area (Å²) in [5.41, 5.74) is 7.12. The van der Waals surface area contributed by atoms with Gasteiger partial charge in [0.15, 0.2) is 5.84 Å². The minimum atomic E-state index is -0.400. The molecule has 1 atom stereocenters. The number of amidine groups is 2. The van der Waals surface area contributed by atoms with Gasteiger partial charge in [-0.05, 0) is 90.1 Å². The zero-order valence-corrected chi connectivity index (χ0v) is 28.6.